The number of rotatable bonds is 8. The number of piperidine rings is 1. The lowest BCUT2D eigenvalue weighted by atomic mass is 9.79. The second kappa shape index (κ2) is 10.8. The molecule has 22 heteroatoms. The first-order valence-electron chi connectivity index (χ1n) is 11.7. The van der Waals surface area contributed by atoms with E-state index >= 15 is 0 Å². The first-order valence-corrected chi connectivity index (χ1v) is 12.5. The zero-order chi connectivity index (χ0) is 33.3. The van der Waals surface area contributed by atoms with Crippen LogP contribution < -0.4 is 14.8 Å². The number of fused-ring (bicyclic) bond motifs is 1. The molecule has 0 amide bonds. The van der Waals surface area contributed by atoms with Crippen molar-refractivity contribution < 1.29 is 85.4 Å². The van der Waals surface area contributed by atoms with Crippen molar-refractivity contribution in [1.29, 1.82) is 0 Å². The van der Waals surface area contributed by atoms with E-state index in [0.717, 1.165) is 24.5 Å². The van der Waals surface area contributed by atoms with Crippen LogP contribution in [0.3, 0.4) is 0 Å². The summed E-state index contributed by atoms with van der Waals surface area (Å²) in [6.45, 7) is -1.62. The molecular weight excluding hydrogens is 675 g/mol. The number of nitrogens with zero attached hydrogens (tertiary/aromatic N) is 3. The number of ether oxygens (including phenoxy) is 2. The van der Waals surface area contributed by atoms with Gasteiger partial charge >= 0.3 is 12.3 Å². The number of anilines is 2. The Labute approximate surface area is 250 Å². The smallest absolute Gasteiger partial charge is 0.453 e. The van der Waals surface area contributed by atoms with Gasteiger partial charge in [0.25, 0.3) is 11.8 Å². The summed E-state index contributed by atoms with van der Waals surface area (Å²) in [6.07, 6.45) is -7.70. The van der Waals surface area contributed by atoms with Gasteiger partial charge in [0.15, 0.2) is 11.5 Å². The minimum atomic E-state index is -4.75. The molecule has 4 rings (SSSR count). The van der Waals surface area contributed by atoms with Crippen molar-refractivity contribution >= 4 is 38.3 Å². The van der Waals surface area contributed by atoms with Crippen LogP contribution in [0.4, 0.5) is 15.9 Å². The molecular formula is C22H24BrFN4O16. The maximum atomic E-state index is 14.4. The van der Waals surface area contributed by atoms with Gasteiger partial charge in [-0.25, -0.2) is 14.4 Å². The van der Waals surface area contributed by atoms with Crippen LogP contribution in [0.1, 0.15) is 0 Å². The van der Waals surface area contributed by atoms with Crippen molar-refractivity contribution in [2.75, 3.05) is 11.9 Å². The van der Waals surface area contributed by atoms with E-state index in [2.05, 4.69) is 36.0 Å². The highest BCUT2D eigenvalue weighted by atomic mass is 79.9. The molecule has 1 aliphatic heterocycles. The fourth-order valence-electron chi connectivity index (χ4n) is 4.34. The van der Waals surface area contributed by atoms with Crippen molar-refractivity contribution in [3.63, 3.8) is 0 Å². The molecule has 1 saturated heterocycles. The quantitative estimate of drug-likeness (QED) is 0.0977. The number of likely N-dealkylation sites (tertiary alicyclic amines) is 1. The van der Waals surface area contributed by atoms with Gasteiger partial charge in [-0.15, -0.1) is 4.90 Å². The van der Waals surface area contributed by atoms with Crippen LogP contribution in [0.2, 0.25) is 0 Å². The highest BCUT2D eigenvalue weighted by Crippen LogP contribution is 2.49. The Kier molecular flexibility index (Phi) is 8.32. The summed E-state index contributed by atoms with van der Waals surface area (Å²) in [5, 5.41) is 141. The number of aromatic nitrogens is 2. The van der Waals surface area contributed by atoms with Crippen LogP contribution in [-0.4, -0.2) is 129 Å². The summed E-state index contributed by atoms with van der Waals surface area (Å²) >= 11 is 3.10. The number of benzene rings is 2. The van der Waals surface area contributed by atoms with E-state index in [1.54, 1.807) is 0 Å². The molecule has 3 aromatic rings. The molecule has 15 N–H and O–H groups in total. The highest BCUT2D eigenvalue weighted by molar-refractivity contribution is 9.10. The minimum absolute atomic E-state index is 0.0632. The Balaban J connectivity index is 1.77. The number of hydrogen-bond donors (Lipinski definition) is 15. The zero-order valence-corrected chi connectivity index (χ0v) is 23.0. The molecule has 0 atom stereocenters. The molecule has 0 bridgehead atoms. The minimum Gasteiger partial charge on any atom is -0.489 e. The normalized spacial score (nSPS) is 20.0. The van der Waals surface area contributed by atoms with Gasteiger partial charge in [0.2, 0.25) is 11.6 Å². The van der Waals surface area contributed by atoms with Gasteiger partial charge in [-0.1, -0.05) is 15.9 Å². The first-order chi connectivity index (χ1) is 19.9. The molecule has 1 aliphatic rings. The maximum Gasteiger partial charge on any atom is 0.453 e. The van der Waals surface area contributed by atoms with Crippen LogP contribution in [-0.2, 0) is 0 Å². The van der Waals surface area contributed by atoms with Gasteiger partial charge in [-0.05, 0) is 24.3 Å². The second-order valence-electron chi connectivity index (χ2n) is 9.49. The molecule has 0 spiro atoms. The van der Waals surface area contributed by atoms with Crippen LogP contribution in [0.15, 0.2) is 41.1 Å². The number of nitrogens with one attached hydrogen (secondary N) is 1. The van der Waals surface area contributed by atoms with E-state index in [4.69, 9.17) is 4.74 Å². The molecule has 242 valence electrons. The number of hydrogen-bond acceptors (Lipinski definition) is 20. The lowest BCUT2D eigenvalue weighted by Crippen LogP contribution is -2.90. The van der Waals surface area contributed by atoms with Crippen LogP contribution in [0, 0.1) is 11.7 Å². The third-order valence-corrected chi connectivity index (χ3v) is 6.91. The summed E-state index contributed by atoms with van der Waals surface area (Å²) < 4.78 is 24.6. The van der Waals surface area contributed by atoms with Gasteiger partial charge in [-0.3, -0.25) is 0 Å². The van der Waals surface area contributed by atoms with Gasteiger partial charge in [0.05, 0.1) is 11.2 Å². The highest BCUT2D eigenvalue weighted by Gasteiger charge is 2.81. The zero-order valence-electron chi connectivity index (χ0n) is 21.4. The molecule has 2 aromatic carbocycles. The van der Waals surface area contributed by atoms with E-state index in [1.165, 1.54) is 12.1 Å². The summed E-state index contributed by atoms with van der Waals surface area (Å²) in [5.74, 6) is -23.8. The lowest BCUT2D eigenvalue weighted by molar-refractivity contribution is -0.627. The molecule has 0 saturated carbocycles. The lowest BCUT2D eigenvalue weighted by Gasteiger charge is -2.60. The third kappa shape index (κ3) is 5.86. The van der Waals surface area contributed by atoms with Crippen LogP contribution in [0.25, 0.3) is 10.9 Å². The molecule has 0 aliphatic carbocycles. The molecule has 0 unspecified atom stereocenters. The standard InChI is InChI=1S/C22H24BrFN4O16/c23-8-1-2-11(10(24)3-8)27-16-9-4-14(44-22(40,41)42)13(5-12(9)25-7-26-16)43-6-15-17(29,30)19(33,34)28(21(37,38)39)20(35,36)18(15,31)32/h1-5,7,15,29-42H,6H2,(H,25,26,27). The molecule has 1 aromatic heterocycles. The Morgan fingerprint density at radius 1 is 0.864 bits per heavy atom. The van der Waals surface area contributed by atoms with Crippen molar-refractivity contribution in [3.05, 3.63) is 46.9 Å². The van der Waals surface area contributed by atoms with Gasteiger partial charge in [-0.2, -0.15) is 0 Å². The Morgan fingerprint density at radius 3 is 1.98 bits per heavy atom. The SMILES string of the molecule is OC(O)(O)Oc1cc2c(Nc3ccc(Br)cc3F)ncnc2cc1OCC1C(O)(O)C(O)(O)N(C(O)(O)O)C(O)(O)C1(O)O. The predicted molar refractivity (Wildman–Crippen MR) is 136 cm³/mol. The van der Waals surface area contributed by atoms with Crippen LogP contribution >= 0.6 is 15.9 Å². The number of halogens is 2. The van der Waals surface area contributed by atoms with Gasteiger partial charge in [0.1, 0.15) is 30.5 Å². The Hall–Kier alpha value is -3.01. The van der Waals surface area contributed by atoms with E-state index in [9.17, 15) is 75.9 Å². The monoisotopic (exact) mass is 698 g/mol. The second-order valence-corrected chi connectivity index (χ2v) is 10.4. The number of aliphatic hydroxyl groups is 14. The predicted octanol–water partition coefficient (Wildman–Crippen LogP) is -5.22. The van der Waals surface area contributed by atoms with E-state index in [0.29, 0.717) is 4.47 Å². The fraction of sp³-hybridized carbons (Fsp3) is 0.364. The van der Waals surface area contributed by atoms with Gasteiger partial charge < -0.3 is 86.3 Å². The fourth-order valence-corrected chi connectivity index (χ4v) is 4.67. The van der Waals surface area contributed by atoms with Crippen molar-refractivity contribution in [1.82, 2.24) is 14.9 Å². The van der Waals surface area contributed by atoms with E-state index in [-0.39, 0.29) is 22.4 Å². The summed E-state index contributed by atoms with van der Waals surface area (Å²) in [4.78, 5) is 6.39. The van der Waals surface area contributed by atoms with E-state index < -0.39 is 70.4 Å². The summed E-state index contributed by atoms with van der Waals surface area (Å²) in [6, 6.07) is 5.72. The maximum absolute atomic E-state index is 14.4. The average molecular weight is 699 g/mol. The van der Waals surface area contributed by atoms with Crippen LogP contribution in [0.5, 0.6) is 11.5 Å². The summed E-state index contributed by atoms with van der Waals surface area (Å²) in [5.41, 5.74) is -0.198. The largest absolute Gasteiger partial charge is 0.489 e. The first kappa shape index (κ1) is 33.9. The topological polar surface area (TPSA) is 343 Å². The molecule has 2 heterocycles. The molecule has 20 nitrogen and oxygen atoms in total. The molecule has 1 fully saturated rings. The van der Waals surface area contributed by atoms with Crippen molar-refractivity contribution in [3.8, 4) is 11.5 Å². The molecule has 0 radical (unpaired) electrons. The van der Waals surface area contributed by atoms with Crippen molar-refractivity contribution in [2.24, 2.45) is 5.92 Å². The average Bonchev–Trinajstić information content (AvgIpc) is 2.83. The third-order valence-electron chi connectivity index (χ3n) is 6.42. The van der Waals surface area contributed by atoms with E-state index in [1.807, 2.05) is 0 Å². The molecule has 44 heavy (non-hydrogen) atoms. The Morgan fingerprint density at radius 2 is 1.45 bits per heavy atom. The summed E-state index contributed by atoms with van der Waals surface area (Å²) in [7, 11) is 0. The van der Waals surface area contributed by atoms with Crippen molar-refractivity contribution in [2.45, 2.75) is 35.7 Å². The Bertz CT molecular complexity index is 1530. The van der Waals surface area contributed by atoms with Gasteiger partial charge in [0, 0.05) is 15.9 Å².